The highest BCUT2D eigenvalue weighted by Gasteiger charge is 2.30. The molecule has 0 saturated heterocycles. The highest BCUT2D eigenvalue weighted by molar-refractivity contribution is 7.89. The first kappa shape index (κ1) is 17.9. The Bertz CT molecular complexity index is 1130. The number of hydrogen-bond acceptors (Lipinski definition) is 5. The molecule has 1 aromatic carbocycles. The van der Waals surface area contributed by atoms with Crippen molar-refractivity contribution in [1.82, 2.24) is 18.9 Å². The van der Waals surface area contributed by atoms with Gasteiger partial charge in [0.05, 0.1) is 22.9 Å². The summed E-state index contributed by atoms with van der Waals surface area (Å²) in [6.07, 6.45) is 2.19. The molecule has 0 spiro atoms. The quantitative estimate of drug-likeness (QED) is 0.683. The average molecular weight is 390 g/mol. The second-order valence-electron chi connectivity index (χ2n) is 6.40. The molecule has 0 unspecified atom stereocenters. The lowest BCUT2D eigenvalue weighted by molar-refractivity contribution is 0.320. The van der Waals surface area contributed by atoms with Crippen molar-refractivity contribution in [2.24, 2.45) is 0 Å². The van der Waals surface area contributed by atoms with Crippen LogP contribution in [0.4, 0.5) is 4.39 Å². The largest absolute Gasteiger partial charge is 0.491 e. The van der Waals surface area contributed by atoms with Gasteiger partial charge in [-0.3, -0.25) is 0 Å². The van der Waals surface area contributed by atoms with Crippen LogP contribution in [0.25, 0.3) is 5.65 Å². The Morgan fingerprint density at radius 3 is 2.85 bits per heavy atom. The molecule has 0 atom stereocenters. The molecule has 0 N–H and O–H groups in total. The Morgan fingerprint density at radius 2 is 2.11 bits per heavy atom. The maximum atomic E-state index is 14.1. The molecule has 1 aliphatic rings. The van der Waals surface area contributed by atoms with Crippen molar-refractivity contribution >= 4 is 15.7 Å². The summed E-state index contributed by atoms with van der Waals surface area (Å²) in [7, 11) is -3.83. The standard InChI is InChI=1S/C18H19FN4O3S/c1-3-26-17-5-4-14(9-15(17)19)27(24,25)22-7-6-16-13(11-22)10-20-18-8-12(2)21-23(16)18/h4-5,8-10H,3,6-7,11H2,1-2H3. The average Bonchev–Trinajstić information content (AvgIpc) is 3.03. The van der Waals surface area contributed by atoms with Gasteiger partial charge in [-0.2, -0.15) is 9.40 Å². The van der Waals surface area contributed by atoms with E-state index in [1.54, 1.807) is 17.6 Å². The number of rotatable bonds is 4. The molecule has 0 bridgehead atoms. The summed E-state index contributed by atoms with van der Waals surface area (Å²) in [6, 6.07) is 5.61. The van der Waals surface area contributed by atoms with E-state index in [0.717, 1.165) is 28.7 Å². The van der Waals surface area contributed by atoms with Crippen LogP contribution in [0, 0.1) is 12.7 Å². The molecule has 3 aromatic rings. The molecule has 27 heavy (non-hydrogen) atoms. The van der Waals surface area contributed by atoms with E-state index >= 15 is 0 Å². The summed E-state index contributed by atoms with van der Waals surface area (Å²) < 4.78 is 48.3. The fourth-order valence-electron chi connectivity index (χ4n) is 3.30. The number of benzene rings is 1. The van der Waals surface area contributed by atoms with Gasteiger partial charge in [0.25, 0.3) is 0 Å². The molecule has 0 aliphatic carbocycles. The topological polar surface area (TPSA) is 76.8 Å². The van der Waals surface area contributed by atoms with Gasteiger partial charge in [-0.05, 0) is 32.0 Å². The third kappa shape index (κ3) is 3.06. The smallest absolute Gasteiger partial charge is 0.243 e. The van der Waals surface area contributed by atoms with E-state index in [0.29, 0.717) is 19.6 Å². The Morgan fingerprint density at radius 1 is 1.30 bits per heavy atom. The minimum absolute atomic E-state index is 0.0427. The zero-order valence-electron chi connectivity index (χ0n) is 15.0. The van der Waals surface area contributed by atoms with E-state index in [2.05, 4.69) is 10.1 Å². The first-order valence-electron chi connectivity index (χ1n) is 8.66. The van der Waals surface area contributed by atoms with E-state index in [9.17, 15) is 12.8 Å². The monoisotopic (exact) mass is 390 g/mol. The summed E-state index contributed by atoms with van der Waals surface area (Å²) in [4.78, 5) is 4.27. The number of hydrogen-bond donors (Lipinski definition) is 0. The predicted molar refractivity (Wildman–Crippen MR) is 96.6 cm³/mol. The van der Waals surface area contributed by atoms with Crippen LogP contribution < -0.4 is 4.74 Å². The first-order valence-corrected chi connectivity index (χ1v) is 10.1. The maximum Gasteiger partial charge on any atom is 0.243 e. The second-order valence-corrected chi connectivity index (χ2v) is 8.34. The third-order valence-electron chi connectivity index (χ3n) is 4.58. The van der Waals surface area contributed by atoms with Crippen LogP contribution in [0.1, 0.15) is 23.9 Å². The van der Waals surface area contributed by atoms with Gasteiger partial charge in [0.15, 0.2) is 17.2 Å². The van der Waals surface area contributed by atoms with Crippen LogP contribution in [-0.4, -0.2) is 40.5 Å². The van der Waals surface area contributed by atoms with Crippen molar-refractivity contribution in [3.8, 4) is 5.75 Å². The maximum absolute atomic E-state index is 14.1. The molecule has 2 aromatic heterocycles. The molecule has 1 aliphatic heterocycles. The number of fused-ring (bicyclic) bond motifs is 3. The van der Waals surface area contributed by atoms with Gasteiger partial charge in [0, 0.05) is 37.3 Å². The van der Waals surface area contributed by atoms with Crippen molar-refractivity contribution in [2.75, 3.05) is 13.2 Å². The fraction of sp³-hybridized carbons (Fsp3) is 0.333. The van der Waals surface area contributed by atoms with Crippen molar-refractivity contribution in [2.45, 2.75) is 31.7 Å². The zero-order chi connectivity index (χ0) is 19.2. The third-order valence-corrected chi connectivity index (χ3v) is 6.42. The van der Waals surface area contributed by atoms with Gasteiger partial charge in [-0.25, -0.2) is 22.3 Å². The highest BCUT2D eigenvalue weighted by Crippen LogP contribution is 2.27. The number of aryl methyl sites for hydroxylation is 1. The van der Waals surface area contributed by atoms with Crippen molar-refractivity contribution < 1.29 is 17.5 Å². The molecular weight excluding hydrogens is 371 g/mol. The van der Waals surface area contributed by atoms with Crippen LogP contribution in [0.3, 0.4) is 0 Å². The van der Waals surface area contributed by atoms with Crippen molar-refractivity contribution in [3.63, 3.8) is 0 Å². The predicted octanol–water partition coefficient (Wildman–Crippen LogP) is 2.32. The van der Waals surface area contributed by atoms with Gasteiger partial charge in [-0.15, -0.1) is 0 Å². The van der Waals surface area contributed by atoms with Gasteiger partial charge in [0.2, 0.25) is 10.0 Å². The van der Waals surface area contributed by atoms with Crippen LogP contribution in [0.2, 0.25) is 0 Å². The number of aromatic nitrogens is 3. The van der Waals surface area contributed by atoms with E-state index in [4.69, 9.17) is 4.74 Å². The van der Waals surface area contributed by atoms with Gasteiger partial charge < -0.3 is 4.74 Å². The molecule has 9 heteroatoms. The molecule has 7 nitrogen and oxygen atoms in total. The van der Waals surface area contributed by atoms with Crippen LogP contribution in [0.5, 0.6) is 5.75 Å². The normalized spacial score (nSPS) is 15.1. The zero-order valence-corrected chi connectivity index (χ0v) is 15.8. The van der Waals surface area contributed by atoms with Crippen LogP contribution in [-0.2, 0) is 23.0 Å². The van der Waals surface area contributed by atoms with Crippen LogP contribution >= 0.6 is 0 Å². The Kier molecular flexibility index (Phi) is 4.35. The van der Waals surface area contributed by atoms with Gasteiger partial charge in [-0.1, -0.05) is 0 Å². The van der Waals surface area contributed by atoms with E-state index in [1.807, 2.05) is 13.0 Å². The summed E-state index contributed by atoms with van der Waals surface area (Å²) in [5.74, 6) is -0.646. The Hall–Kier alpha value is -2.52. The number of halogens is 1. The first-order chi connectivity index (χ1) is 12.9. The molecular formula is C18H19FN4O3S. The van der Waals surface area contributed by atoms with E-state index in [-0.39, 0.29) is 17.2 Å². The van der Waals surface area contributed by atoms with Gasteiger partial charge >= 0.3 is 0 Å². The van der Waals surface area contributed by atoms with Crippen LogP contribution in [0.15, 0.2) is 35.4 Å². The lowest BCUT2D eigenvalue weighted by Crippen LogP contribution is -2.37. The Labute approximate surface area is 156 Å². The highest BCUT2D eigenvalue weighted by atomic mass is 32.2. The molecule has 0 radical (unpaired) electrons. The lowest BCUT2D eigenvalue weighted by Gasteiger charge is -2.28. The Balaban J connectivity index is 1.66. The molecule has 4 rings (SSSR count). The minimum Gasteiger partial charge on any atom is -0.491 e. The van der Waals surface area contributed by atoms with Gasteiger partial charge in [0.1, 0.15) is 0 Å². The fourth-order valence-corrected chi connectivity index (χ4v) is 4.73. The summed E-state index contributed by atoms with van der Waals surface area (Å²) >= 11 is 0. The SMILES string of the molecule is CCOc1ccc(S(=O)(=O)N2CCc3c(cnc4cc(C)nn34)C2)cc1F. The number of ether oxygens (including phenoxy) is 1. The second kappa shape index (κ2) is 6.58. The number of nitrogens with zero attached hydrogens (tertiary/aromatic N) is 4. The summed E-state index contributed by atoms with van der Waals surface area (Å²) in [6.45, 7) is 4.40. The molecule has 0 fully saturated rings. The van der Waals surface area contributed by atoms with E-state index in [1.165, 1.54) is 16.4 Å². The van der Waals surface area contributed by atoms with Crippen molar-refractivity contribution in [1.29, 1.82) is 0 Å². The number of sulfonamides is 1. The lowest BCUT2D eigenvalue weighted by atomic mass is 10.1. The van der Waals surface area contributed by atoms with E-state index < -0.39 is 15.8 Å². The summed E-state index contributed by atoms with van der Waals surface area (Å²) in [5.41, 5.74) is 3.36. The molecule has 0 saturated carbocycles. The van der Waals surface area contributed by atoms with Crippen molar-refractivity contribution in [3.05, 3.63) is 53.2 Å². The molecule has 142 valence electrons. The summed E-state index contributed by atoms with van der Waals surface area (Å²) in [5, 5.41) is 4.43. The molecule has 0 amide bonds. The minimum atomic E-state index is -3.83. The molecule has 3 heterocycles.